The number of nitrogens with two attached hydrogens (primary N) is 1. The maximum Gasteiger partial charge on any atom is 0.171 e. The van der Waals surface area contributed by atoms with E-state index in [1.165, 1.54) is 16.0 Å². The summed E-state index contributed by atoms with van der Waals surface area (Å²) < 4.78 is 0. The molecule has 19 heavy (non-hydrogen) atoms. The van der Waals surface area contributed by atoms with E-state index in [9.17, 15) is 0 Å². The number of anilines is 1. The highest BCUT2D eigenvalue weighted by Crippen LogP contribution is 2.35. The molecule has 1 atom stereocenters. The summed E-state index contributed by atoms with van der Waals surface area (Å²) in [5, 5.41) is 5.08. The highest BCUT2D eigenvalue weighted by Gasteiger charge is 2.18. The van der Waals surface area contributed by atoms with E-state index in [1.807, 2.05) is 18.3 Å². The number of aliphatic imine (C=N–C) groups is 1. The predicted octanol–water partition coefficient (Wildman–Crippen LogP) is 3.39. The largest absolute Gasteiger partial charge is 0.343 e. The number of hydrogen-bond donors (Lipinski definition) is 2. The monoisotopic (exact) mass is 291 g/mol. The van der Waals surface area contributed by atoms with Crippen LogP contribution in [0.1, 0.15) is 21.6 Å². The first kappa shape index (κ1) is 12.7. The van der Waals surface area contributed by atoms with Crippen LogP contribution in [-0.4, -0.2) is 12.5 Å². The van der Waals surface area contributed by atoms with Gasteiger partial charge in [-0.3, -0.25) is 10.7 Å². The highest BCUT2D eigenvalue weighted by atomic mass is 35.5. The Morgan fingerprint density at radius 1 is 1.37 bits per heavy atom. The van der Waals surface area contributed by atoms with Crippen LogP contribution in [0.3, 0.4) is 0 Å². The van der Waals surface area contributed by atoms with Gasteiger partial charge in [-0.1, -0.05) is 23.7 Å². The number of thiophene rings is 1. The molecule has 3 N–H and O–H groups in total. The van der Waals surface area contributed by atoms with Gasteiger partial charge in [0.05, 0.1) is 0 Å². The zero-order valence-corrected chi connectivity index (χ0v) is 12.1. The molecular formula is C14H14ClN3S. The Morgan fingerprint density at radius 2 is 2.11 bits per heavy atom. The van der Waals surface area contributed by atoms with Crippen LogP contribution < -0.4 is 11.1 Å². The molecule has 1 aliphatic heterocycles. The Bertz CT molecular complexity index is 631. The fourth-order valence-corrected chi connectivity index (χ4v) is 3.49. The molecule has 0 saturated carbocycles. The number of fused-ring (bicyclic) bond motifs is 1. The van der Waals surface area contributed by atoms with E-state index < -0.39 is 0 Å². The average molecular weight is 292 g/mol. The third kappa shape index (κ3) is 2.52. The maximum atomic E-state index is 5.91. The molecule has 3 rings (SSSR count). The Kier molecular flexibility index (Phi) is 3.31. The van der Waals surface area contributed by atoms with Gasteiger partial charge in [-0.15, -0.1) is 11.3 Å². The summed E-state index contributed by atoms with van der Waals surface area (Å²) in [7, 11) is 0. The highest BCUT2D eigenvalue weighted by molar-refractivity contribution is 7.16. The van der Waals surface area contributed by atoms with Crippen LogP contribution in [0.4, 0.5) is 5.00 Å². The van der Waals surface area contributed by atoms with Crippen molar-refractivity contribution < 1.29 is 0 Å². The normalized spacial score (nSPS) is 17.1. The fourth-order valence-electron chi connectivity index (χ4n) is 2.12. The van der Waals surface area contributed by atoms with Gasteiger partial charge < -0.3 is 5.32 Å². The van der Waals surface area contributed by atoms with E-state index in [1.54, 1.807) is 11.3 Å². The third-order valence-corrected chi connectivity index (χ3v) is 4.70. The predicted molar refractivity (Wildman–Crippen MR) is 82.5 cm³/mol. The minimum Gasteiger partial charge on any atom is -0.343 e. The van der Waals surface area contributed by atoms with Gasteiger partial charge in [0.1, 0.15) is 5.00 Å². The summed E-state index contributed by atoms with van der Waals surface area (Å²) >= 11 is 7.66. The van der Waals surface area contributed by atoms with Crippen LogP contribution in [0.5, 0.6) is 0 Å². The summed E-state index contributed by atoms with van der Waals surface area (Å²) in [6.45, 7) is 2.13. The van der Waals surface area contributed by atoms with Crippen LogP contribution in [0.15, 0.2) is 29.3 Å². The lowest BCUT2D eigenvalue weighted by Crippen LogP contribution is -2.29. The summed E-state index contributed by atoms with van der Waals surface area (Å²) in [4.78, 5) is 5.53. The van der Waals surface area contributed by atoms with E-state index in [2.05, 4.69) is 29.4 Å². The lowest BCUT2D eigenvalue weighted by Gasteiger charge is -2.14. The molecule has 1 aromatic heterocycles. The van der Waals surface area contributed by atoms with Gasteiger partial charge in [0.15, 0.2) is 6.29 Å². The van der Waals surface area contributed by atoms with E-state index in [4.69, 9.17) is 17.3 Å². The summed E-state index contributed by atoms with van der Waals surface area (Å²) in [6, 6.07) is 7.98. The van der Waals surface area contributed by atoms with E-state index in [0.717, 1.165) is 22.0 Å². The zero-order chi connectivity index (χ0) is 13.4. The average Bonchev–Trinajstić information content (AvgIpc) is 2.68. The molecule has 2 aromatic rings. The fraction of sp³-hybridized carbons (Fsp3) is 0.214. The topological polar surface area (TPSA) is 50.4 Å². The smallest absolute Gasteiger partial charge is 0.171 e. The second kappa shape index (κ2) is 4.96. The van der Waals surface area contributed by atoms with Gasteiger partial charge in [0, 0.05) is 28.1 Å². The van der Waals surface area contributed by atoms with Crippen LogP contribution in [0.2, 0.25) is 5.02 Å². The van der Waals surface area contributed by atoms with Crippen molar-refractivity contribution in [2.24, 2.45) is 10.7 Å². The standard InChI is InChI=1S/C14H14ClN3S/c1-8-11-7-17-14(16)18-13(11)19-12(8)6-9-2-4-10(15)5-3-9/h2-5,7,14,18H,6,16H2,1H3. The maximum absolute atomic E-state index is 5.91. The van der Waals surface area contributed by atoms with Gasteiger partial charge >= 0.3 is 0 Å². The van der Waals surface area contributed by atoms with Crippen molar-refractivity contribution in [3.8, 4) is 0 Å². The molecule has 3 nitrogen and oxygen atoms in total. The van der Waals surface area contributed by atoms with Crippen molar-refractivity contribution in [1.82, 2.24) is 0 Å². The number of benzene rings is 1. The SMILES string of the molecule is Cc1c(Cc2ccc(Cl)cc2)sc2c1C=NC(N)N2. The summed E-state index contributed by atoms with van der Waals surface area (Å²) in [5.74, 6) is 0. The van der Waals surface area contributed by atoms with Crippen molar-refractivity contribution in [2.75, 3.05) is 5.32 Å². The first-order valence-electron chi connectivity index (χ1n) is 6.05. The first-order valence-corrected chi connectivity index (χ1v) is 7.25. The van der Waals surface area contributed by atoms with Crippen molar-refractivity contribution >= 4 is 34.2 Å². The van der Waals surface area contributed by atoms with Crippen LogP contribution in [0.25, 0.3) is 0 Å². The minimum atomic E-state index is -0.325. The third-order valence-electron chi connectivity index (χ3n) is 3.21. The van der Waals surface area contributed by atoms with Crippen molar-refractivity contribution in [1.29, 1.82) is 0 Å². The summed E-state index contributed by atoms with van der Waals surface area (Å²) in [5.41, 5.74) is 9.46. The molecule has 0 radical (unpaired) electrons. The van der Waals surface area contributed by atoms with Crippen molar-refractivity contribution in [2.45, 2.75) is 19.6 Å². The number of nitrogens with one attached hydrogen (secondary N) is 1. The van der Waals surface area contributed by atoms with Gasteiger partial charge in [-0.25, -0.2) is 0 Å². The van der Waals surface area contributed by atoms with Crippen molar-refractivity contribution in [3.63, 3.8) is 0 Å². The van der Waals surface area contributed by atoms with Gasteiger partial charge in [0.25, 0.3) is 0 Å². The Hall–Kier alpha value is -1.36. The minimum absolute atomic E-state index is 0.325. The molecule has 0 saturated heterocycles. The second-order valence-corrected chi connectivity index (χ2v) is 6.11. The molecule has 0 spiro atoms. The number of rotatable bonds is 2. The molecular weight excluding hydrogens is 278 g/mol. The van der Waals surface area contributed by atoms with Gasteiger partial charge in [0.2, 0.25) is 0 Å². The van der Waals surface area contributed by atoms with Crippen LogP contribution in [-0.2, 0) is 6.42 Å². The van der Waals surface area contributed by atoms with Gasteiger partial charge in [-0.2, -0.15) is 0 Å². The molecule has 98 valence electrons. The first-order chi connectivity index (χ1) is 9.13. The molecule has 1 unspecified atom stereocenters. The molecule has 0 amide bonds. The molecule has 1 aromatic carbocycles. The summed E-state index contributed by atoms with van der Waals surface area (Å²) in [6.07, 6.45) is 2.45. The Labute approximate surface area is 121 Å². The number of hydrogen-bond acceptors (Lipinski definition) is 4. The molecule has 5 heteroatoms. The Balaban J connectivity index is 1.90. The molecule has 0 aliphatic carbocycles. The number of nitrogens with zero attached hydrogens (tertiary/aromatic N) is 1. The van der Waals surface area contributed by atoms with Crippen LogP contribution in [0, 0.1) is 6.92 Å². The zero-order valence-electron chi connectivity index (χ0n) is 10.5. The quantitative estimate of drug-likeness (QED) is 0.891. The molecule has 2 heterocycles. The van der Waals surface area contributed by atoms with Crippen molar-refractivity contribution in [3.05, 3.63) is 50.9 Å². The van der Waals surface area contributed by atoms with E-state index in [0.29, 0.717) is 0 Å². The van der Waals surface area contributed by atoms with E-state index in [-0.39, 0.29) is 6.29 Å². The second-order valence-electron chi connectivity index (χ2n) is 4.56. The van der Waals surface area contributed by atoms with Gasteiger partial charge in [-0.05, 0) is 30.2 Å². The molecule has 0 fully saturated rings. The van der Waals surface area contributed by atoms with E-state index >= 15 is 0 Å². The molecule has 0 bridgehead atoms. The molecule has 1 aliphatic rings. The lowest BCUT2D eigenvalue weighted by atomic mass is 10.1. The number of halogens is 1. The van der Waals surface area contributed by atoms with Crippen LogP contribution >= 0.6 is 22.9 Å². The lowest BCUT2D eigenvalue weighted by molar-refractivity contribution is 0.810. The Morgan fingerprint density at radius 3 is 2.84 bits per heavy atom.